The van der Waals surface area contributed by atoms with E-state index in [0.717, 1.165) is 23.7 Å². The first kappa shape index (κ1) is 18.2. The van der Waals surface area contributed by atoms with Gasteiger partial charge in [-0.1, -0.05) is 58.3 Å². The number of rotatable bonds is 9. The zero-order valence-corrected chi connectivity index (χ0v) is 14.8. The number of primary amides is 1. The third-order valence-corrected chi connectivity index (χ3v) is 6.88. The van der Waals surface area contributed by atoms with Crippen LogP contribution in [0.25, 0.3) is 0 Å². The predicted octanol–water partition coefficient (Wildman–Crippen LogP) is 2.91. The van der Waals surface area contributed by atoms with Crippen molar-refractivity contribution in [2.45, 2.75) is 49.8 Å². The van der Waals surface area contributed by atoms with Gasteiger partial charge >= 0.3 is 0 Å². The SMILES string of the molecule is NC(=O)C(Cc1ccccc1)NC(=O)CCCCC1CCSS1. The molecule has 0 aromatic heterocycles. The van der Waals surface area contributed by atoms with Gasteiger partial charge in [0.2, 0.25) is 11.8 Å². The molecule has 2 amide bonds. The molecule has 0 saturated carbocycles. The van der Waals surface area contributed by atoms with Crippen molar-refractivity contribution in [3.63, 3.8) is 0 Å². The van der Waals surface area contributed by atoms with E-state index >= 15 is 0 Å². The Hall–Kier alpha value is -1.14. The van der Waals surface area contributed by atoms with Gasteiger partial charge in [-0.3, -0.25) is 9.59 Å². The third-order valence-electron chi connectivity index (χ3n) is 3.87. The van der Waals surface area contributed by atoms with Crippen LogP contribution in [0.5, 0.6) is 0 Å². The van der Waals surface area contributed by atoms with Crippen LogP contribution in [0, 0.1) is 0 Å². The molecule has 2 unspecified atom stereocenters. The van der Waals surface area contributed by atoms with Crippen LogP contribution in [-0.2, 0) is 16.0 Å². The summed E-state index contributed by atoms with van der Waals surface area (Å²) in [6.45, 7) is 0. The van der Waals surface area contributed by atoms with Gasteiger partial charge in [-0.05, 0) is 24.8 Å². The number of benzene rings is 1. The molecule has 1 aromatic rings. The highest BCUT2D eigenvalue weighted by atomic mass is 33.1. The van der Waals surface area contributed by atoms with Gasteiger partial charge < -0.3 is 11.1 Å². The first-order valence-corrected chi connectivity index (χ1v) is 10.4. The van der Waals surface area contributed by atoms with Crippen molar-refractivity contribution in [1.82, 2.24) is 5.32 Å². The van der Waals surface area contributed by atoms with Crippen molar-refractivity contribution in [3.05, 3.63) is 35.9 Å². The topological polar surface area (TPSA) is 72.2 Å². The van der Waals surface area contributed by atoms with E-state index in [1.165, 1.54) is 18.6 Å². The average Bonchev–Trinajstić information content (AvgIpc) is 3.05. The number of carbonyl (C=O) groups excluding carboxylic acids is 2. The van der Waals surface area contributed by atoms with Gasteiger partial charge in [0.25, 0.3) is 0 Å². The highest BCUT2D eigenvalue weighted by Gasteiger charge is 2.19. The summed E-state index contributed by atoms with van der Waals surface area (Å²) in [5.74, 6) is 0.676. The number of nitrogens with two attached hydrogens (primary N) is 1. The standard InChI is InChI=1S/C17H24N2O2S2/c18-17(21)15(12-13-6-2-1-3-7-13)19-16(20)9-5-4-8-14-10-11-22-23-14/h1-3,6-7,14-15H,4-5,8-12H2,(H2,18,21)(H,19,20). The number of unbranched alkanes of at least 4 members (excludes halogenated alkanes) is 1. The van der Waals surface area contributed by atoms with Crippen LogP contribution in [0.15, 0.2) is 30.3 Å². The van der Waals surface area contributed by atoms with Gasteiger partial charge in [-0.2, -0.15) is 0 Å². The molecule has 1 saturated heterocycles. The smallest absolute Gasteiger partial charge is 0.240 e. The van der Waals surface area contributed by atoms with E-state index in [1.807, 2.05) is 51.9 Å². The normalized spacial score (nSPS) is 18.5. The lowest BCUT2D eigenvalue weighted by Gasteiger charge is -2.15. The fourth-order valence-electron chi connectivity index (χ4n) is 2.56. The Morgan fingerprint density at radius 3 is 2.70 bits per heavy atom. The first-order chi connectivity index (χ1) is 11.1. The molecular weight excluding hydrogens is 328 g/mol. The third kappa shape index (κ3) is 6.87. The van der Waals surface area contributed by atoms with Gasteiger partial charge in [0.15, 0.2) is 0 Å². The summed E-state index contributed by atoms with van der Waals surface area (Å²) in [4.78, 5) is 23.6. The van der Waals surface area contributed by atoms with Crippen LogP contribution in [0.3, 0.4) is 0 Å². The van der Waals surface area contributed by atoms with E-state index in [2.05, 4.69) is 5.32 Å². The summed E-state index contributed by atoms with van der Waals surface area (Å²) in [5, 5.41) is 3.52. The molecule has 2 atom stereocenters. The van der Waals surface area contributed by atoms with Crippen LogP contribution >= 0.6 is 21.6 Å². The minimum Gasteiger partial charge on any atom is -0.368 e. The molecule has 1 aliphatic rings. The molecule has 0 spiro atoms. The lowest BCUT2D eigenvalue weighted by atomic mass is 10.0. The van der Waals surface area contributed by atoms with E-state index in [1.54, 1.807) is 0 Å². The second-order valence-electron chi connectivity index (χ2n) is 5.79. The Morgan fingerprint density at radius 2 is 2.04 bits per heavy atom. The molecule has 23 heavy (non-hydrogen) atoms. The van der Waals surface area contributed by atoms with Gasteiger partial charge in [0.05, 0.1) is 0 Å². The summed E-state index contributed by atoms with van der Waals surface area (Å²) in [7, 11) is 3.92. The minimum atomic E-state index is -0.633. The van der Waals surface area contributed by atoms with Gasteiger partial charge in [-0.15, -0.1) is 0 Å². The average molecular weight is 353 g/mol. The molecule has 126 valence electrons. The lowest BCUT2D eigenvalue weighted by molar-refractivity contribution is -0.127. The zero-order valence-electron chi connectivity index (χ0n) is 13.2. The fourth-order valence-corrected chi connectivity index (χ4v) is 5.59. The molecular formula is C17H24N2O2S2. The largest absolute Gasteiger partial charge is 0.368 e. The number of hydrogen-bond donors (Lipinski definition) is 2. The lowest BCUT2D eigenvalue weighted by Crippen LogP contribution is -2.45. The van der Waals surface area contributed by atoms with Crippen LogP contribution in [0.1, 0.15) is 37.7 Å². The highest BCUT2D eigenvalue weighted by molar-refractivity contribution is 8.77. The number of amides is 2. The molecule has 1 fully saturated rings. The van der Waals surface area contributed by atoms with Gasteiger partial charge in [-0.25, -0.2) is 0 Å². The van der Waals surface area contributed by atoms with E-state index in [9.17, 15) is 9.59 Å². The summed E-state index contributed by atoms with van der Waals surface area (Å²) in [6.07, 6.45) is 5.29. The molecule has 1 heterocycles. The minimum absolute atomic E-state index is 0.0850. The van der Waals surface area contributed by atoms with Crippen molar-refractivity contribution in [2.75, 3.05) is 5.75 Å². The van der Waals surface area contributed by atoms with Crippen LogP contribution in [0.4, 0.5) is 0 Å². The molecule has 0 radical (unpaired) electrons. The quantitative estimate of drug-likeness (QED) is 0.529. The molecule has 3 N–H and O–H groups in total. The molecule has 4 nitrogen and oxygen atoms in total. The predicted molar refractivity (Wildman–Crippen MR) is 98.2 cm³/mol. The Bertz CT molecular complexity index is 505. The van der Waals surface area contributed by atoms with E-state index in [0.29, 0.717) is 12.8 Å². The Labute approximate surface area is 145 Å². The first-order valence-electron chi connectivity index (χ1n) is 8.06. The Morgan fingerprint density at radius 1 is 1.26 bits per heavy atom. The summed E-state index contributed by atoms with van der Waals surface area (Å²) >= 11 is 0. The number of carbonyl (C=O) groups is 2. The maximum atomic E-state index is 12.0. The van der Waals surface area contributed by atoms with Crippen LogP contribution in [0.2, 0.25) is 0 Å². The van der Waals surface area contributed by atoms with Crippen LogP contribution in [-0.4, -0.2) is 28.9 Å². The molecule has 0 aliphatic carbocycles. The monoisotopic (exact) mass is 352 g/mol. The van der Waals surface area contributed by atoms with Crippen molar-refractivity contribution in [1.29, 1.82) is 0 Å². The zero-order chi connectivity index (χ0) is 16.5. The maximum absolute atomic E-state index is 12.0. The second-order valence-corrected chi connectivity index (χ2v) is 8.57. The van der Waals surface area contributed by atoms with Gasteiger partial charge in [0, 0.05) is 23.8 Å². The molecule has 1 aliphatic heterocycles. The maximum Gasteiger partial charge on any atom is 0.240 e. The van der Waals surface area contributed by atoms with Crippen molar-refractivity contribution in [3.8, 4) is 0 Å². The van der Waals surface area contributed by atoms with Crippen molar-refractivity contribution >= 4 is 33.4 Å². The van der Waals surface area contributed by atoms with E-state index in [-0.39, 0.29) is 5.91 Å². The molecule has 1 aromatic carbocycles. The van der Waals surface area contributed by atoms with Gasteiger partial charge in [0.1, 0.15) is 6.04 Å². The van der Waals surface area contributed by atoms with E-state index < -0.39 is 11.9 Å². The number of hydrogen-bond acceptors (Lipinski definition) is 4. The number of nitrogens with one attached hydrogen (secondary N) is 1. The second kappa shape index (κ2) is 9.88. The van der Waals surface area contributed by atoms with E-state index in [4.69, 9.17) is 5.73 Å². The van der Waals surface area contributed by atoms with Crippen molar-refractivity contribution < 1.29 is 9.59 Å². The molecule has 6 heteroatoms. The molecule has 2 rings (SSSR count). The highest BCUT2D eigenvalue weighted by Crippen LogP contribution is 2.39. The van der Waals surface area contributed by atoms with Crippen molar-refractivity contribution in [2.24, 2.45) is 5.73 Å². The summed E-state index contributed by atoms with van der Waals surface area (Å²) in [6, 6.07) is 8.97. The summed E-state index contributed by atoms with van der Waals surface area (Å²) < 4.78 is 0. The Kier molecular flexibility index (Phi) is 7.82. The molecule has 0 bridgehead atoms. The van der Waals surface area contributed by atoms with Crippen LogP contribution < -0.4 is 11.1 Å². The fraction of sp³-hybridized carbons (Fsp3) is 0.529. The Balaban J connectivity index is 1.69. The summed E-state index contributed by atoms with van der Waals surface area (Å²) in [5.41, 5.74) is 6.40.